The van der Waals surface area contributed by atoms with Crippen LogP contribution in [0.25, 0.3) is 11.0 Å². The Morgan fingerprint density at radius 3 is 2.42 bits per heavy atom. The molecule has 33 heavy (non-hydrogen) atoms. The summed E-state index contributed by atoms with van der Waals surface area (Å²) >= 11 is 0. The SMILES string of the molecule is CCCCCCCCOc1ccc(C(=O)Nc2cccc3c(=O)cc(C(=O)OC)oc23)cc1. The number of nitrogens with one attached hydrogen (secondary N) is 1. The third-order valence-corrected chi connectivity index (χ3v) is 5.27. The second kappa shape index (κ2) is 11.9. The molecular formula is C26H29NO6. The van der Waals surface area contributed by atoms with Gasteiger partial charge in [0.05, 0.1) is 24.8 Å². The first-order chi connectivity index (χ1) is 16.0. The highest BCUT2D eigenvalue weighted by Gasteiger charge is 2.16. The third kappa shape index (κ3) is 6.44. The lowest BCUT2D eigenvalue weighted by Gasteiger charge is -2.10. The second-order valence-electron chi connectivity index (χ2n) is 7.74. The van der Waals surface area contributed by atoms with Gasteiger partial charge in [0.25, 0.3) is 5.91 Å². The van der Waals surface area contributed by atoms with Crippen molar-refractivity contribution in [2.45, 2.75) is 45.4 Å². The zero-order chi connectivity index (χ0) is 23.6. The molecule has 1 heterocycles. The molecule has 0 saturated carbocycles. The Morgan fingerprint density at radius 1 is 0.970 bits per heavy atom. The van der Waals surface area contributed by atoms with Gasteiger partial charge in [-0.3, -0.25) is 9.59 Å². The number of methoxy groups -OCH3 is 1. The lowest BCUT2D eigenvalue weighted by molar-refractivity contribution is 0.0565. The zero-order valence-electron chi connectivity index (χ0n) is 19.0. The van der Waals surface area contributed by atoms with Crippen LogP contribution in [0.15, 0.2) is 57.7 Å². The Balaban J connectivity index is 1.65. The van der Waals surface area contributed by atoms with Crippen LogP contribution in [0.1, 0.15) is 66.4 Å². The molecular weight excluding hydrogens is 422 g/mol. The predicted molar refractivity (Wildman–Crippen MR) is 127 cm³/mol. The van der Waals surface area contributed by atoms with Crippen LogP contribution in [0.3, 0.4) is 0 Å². The fraction of sp³-hybridized carbons (Fsp3) is 0.346. The highest BCUT2D eigenvalue weighted by molar-refractivity contribution is 6.08. The summed E-state index contributed by atoms with van der Waals surface area (Å²) in [5.74, 6) is -0.676. The van der Waals surface area contributed by atoms with Gasteiger partial charge in [-0.1, -0.05) is 45.1 Å². The minimum Gasteiger partial charge on any atom is -0.494 e. The number of rotatable bonds is 11. The molecule has 1 aromatic heterocycles. The van der Waals surface area contributed by atoms with Crippen molar-refractivity contribution in [3.05, 3.63) is 70.1 Å². The summed E-state index contributed by atoms with van der Waals surface area (Å²) in [6, 6.07) is 12.7. The molecule has 0 aliphatic heterocycles. The highest BCUT2D eigenvalue weighted by Crippen LogP contribution is 2.24. The van der Waals surface area contributed by atoms with Gasteiger partial charge in [0.15, 0.2) is 11.0 Å². The quantitative estimate of drug-likeness (QED) is 0.302. The predicted octanol–water partition coefficient (Wildman–Crippen LogP) is 5.57. The summed E-state index contributed by atoms with van der Waals surface area (Å²) in [6.07, 6.45) is 7.17. The third-order valence-electron chi connectivity index (χ3n) is 5.27. The molecule has 2 aromatic carbocycles. The molecule has 0 unspecified atom stereocenters. The van der Waals surface area contributed by atoms with E-state index >= 15 is 0 Å². The summed E-state index contributed by atoms with van der Waals surface area (Å²) in [5.41, 5.74) is 0.409. The van der Waals surface area contributed by atoms with Crippen molar-refractivity contribution in [3.8, 4) is 5.75 Å². The molecule has 0 spiro atoms. The fourth-order valence-corrected chi connectivity index (χ4v) is 3.45. The number of carbonyl (C=O) groups excluding carboxylic acids is 2. The van der Waals surface area contributed by atoms with Crippen molar-refractivity contribution in [1.29, 1.82) is 0 Å². The van der Waals surface area contributed by atoms with E-state index in [1.54, 1.807) is 42.5 Å². The number of carbonyl (C=O) groups is 2. The van der Waals surface area contributed by atoms with E-state index in [-0.39, 0.29) is 28.3 Å². The topological polar surface area (TPSA) is 94.8 Å². The molecule has 0 bridgehead atoms. The largest absolute Gasteiger partial charge is 0.494 e. The summed E-state index contributed by atoms with van der Waals surface area (Å²) in [6.45, 7) is 2.85. The molecule has 7 nitrogen and oxygen atoms in total. The van der Waals surface area contributed by atoms with Crippen molar-refractivity contribution < 1.29 is 23.5 Å². The number of para-hydroxylation sites is 1. The van der Waals surface area contributed by atoms with Gasteiger partial charge in [0.1, 0.15) is 5.75 Å². The Labute approximate surface area is 192 Å². The molecule has 174 valence electrons. The van der Waals surface area contributed by atoms with Gasteiger partial charge in [-0.25, -0.2) is 4.79 Å². The standard InChI is InChI=1S/C26H29NO6/c1-3-4-5-6-7-8-16-32-19-14-12-18(13-15-19)25(29)27-21-11-9-10-20-22(28)17-23(26(30)31-2)33-24(20)21/h9-15,17H,3-8,16H2,1-2H3,(H,27,29). The summed E-state index contributed by atoms with van der Waals surface area (Å²) < 4.78 is 15.9. The summed E-state index contributed by atoms with van der Waals surface area (Å²) in [4.78, 5) is 36.9. The number of esters is 1. The van der Waals surface area contributed by atoms with E-state index < -0.39 is 11.4 Å². The van der Waals surface area contributed by atoms with Gasteiger partial charge >= 0.3 is 5.97 Å². The molecule has 3 aromatic rings. The Morgan fingerprint density at radius 2 is 1.70 bits per heavy atom. The lowest BCUT2D eigenvalue weighted by atomic mass is 10.1. The van der Waals surface area contributed by atoms with Gasteiger partial charge in [-0.05, 0) is 42.8 Å². The maximum absolute atomic E-state index is 12.8. The van der Waals surface area contributed by atoms with Crippen molar-refractivity contribution in [2.24, 2.45) is 0 Å². The van der Waals surface area contributed by atoms with Crippen LogP contribution >= 0.6 is 0 Å². The van der Waals surface area contributed by atoms with E-state index in [4.69, 9.17) is 9.15 Å². The van der Waals surface area contributed by atoms with E-state index in [0.29, 0.717) is 17.9 Å². The van der Waals surface area contributed by atoms with Crippen molar-refractivity contribution in [2.75, 3.05) is 19.0 Å². The lowest BCUT2D eigenvalue weighted by Crippen LogP contribution is -2.14. The smallest absolute Gasteiger partial charge is 0.374 e. The number of unbranched alkanes of at least 4 members (excludes halogenated alkanes) is 5. The average Bonchev–Trinajstić information content (AvgIpc) is 2.83. The van der Waals surface area contributed by atoms with E-state index in [0.717, 1.165) is 18.9 Å². The van der Waals surface area contributed by atoms with Gasteiger partial charge in [-0.15, -0.1) is 0 Å². The minimum atomic E-state index is -0.772. The normalized spacial score (nSPS) is 10.7. The van der Waals surface area contributed by atoms with E-state index in [9.17, 15) is 14.4 Å². The second-order valence-corrected chi connectivity index (χ2v) is 7.74. The first kappa shape index (κ1) is 24.0. The van der Waals surface area contributed by atoms with Crippen molar-refractivity contribution in [3.63, 3.8) is 0 Å². The average molecular weight is 452 g/mol. The molecule has 0 atom stereocenters. The van der Waals surface area contributed by atoms with E-state index in [2.05, 4.69) is 17.0 Å². The molecule has 7 heteroatoms. The van der Waals surface area contributed by atoms with Gasteiger partial charge in [0, 0.05) is 11.6 Å². The maximum atomic E-state index is 12.8. The molecule has 0 fully saturated rings. The fourth-order valence-electron chi connectivity index (χ4n) is 3.45. The maximum Gasteiger partial charge on any atom is 0.374 e. The molecule has 1 N–H and O–H groups in total. The Bertz CT molecular complexity index is 1150. The number of ether oxygens (including phenoxy) is 2. The Hall–Kier alpha value is -3.61. The zero-order valence-corrected chi connectivity index (χ0v) is 19.0. The number of hydrogen-bond donors (Lipinski definition) is 1. The molecule has 0 aliphatic carbocycles. The Kier molecular flexibility index (Phi) is 8.63. The number of amides is 1. The molecule has 1 amide bonds. The highest BCUT2D eigenvalue weighted by atomic mass is 16.5. The van der Waals surface area contributed by atoms with Crippen LogP contribution in [0.5, 0.6) is 5.75 Å². The number of benzene rings is 2. The van der Waals surface area contributed by atoms with Crippen molar-refractivity contribution in [1.82, 2.24) is 0 Å². The van der Waals surface area contributed by atoms with Gasteiger partial charge in [0.2, 0.25) is 5.76 Å². The van der Waals surface area contributed by atoms with Crippen LogP contribution < -0.4 is 15.5 Å². The molecule has 0 saturated heterocycles. The van der Waals surface area contributed by atoms with Crippen LogP contribution in [-0.4, -0.2) is 25.6 Å². The van der Waals surface area contributed by atoms with Crippen LogP contribution in [0, 0.1) is 0 Å². The molecule has 0 radical (unpaired) electrons. The molecule has 0 aliphatic rings. The van der Waals surface area contributed by atoms with Gasteiger partial charge in [-0.2, -0.15) is 0 Å². The number of hydrogen-bond acceptors (Lipinski definition) is 6. The van der Waals surface area contributed by atoms with E-state index in [1.807, 2.05) is 0 Å². The first-order valence-corrected chi connectivity index (χ1v) is 11.2. The molecule has 3 rings (SSSR count). The summed E-state index contributed by atoms with van der Waals surface area (Å²) in [5, 5.41) is 2.99. The van der Waals surface area contributed by atoms with Crippen LogP contribution in [0.2, 0.25) is 0 Å². The van der Waals surface area contributed by atoms with Crippen LogP contribution in [-0.2, 0) is 4.74 Å². The summed E-state index contributed by atoms with van der Waals surface area (Å²) in [7, 11) is 1.20. The van der Waals surface area contributed by atoms with Crippen LogP contribution in [0.4, 0.5) is 5.69 Å². The van der Waals surface area contributed by atoms with Crippen molar-refractivity contribution >= 4 is 28.5 Å². The van der Waals surface area contributed by atoms with Gasteiger partial charge < -0.3 is 19.2 Å². The monoisotopic (exact) mass is 451 g/mol. The first-order valence-electron chi connectivity index (χ1n) is 11.2. The van der Waals surface area contributed by atoms with E-state index in [1.165, 1.54) is 32.8 Å². The number of anilines is 1. The minimum absolute atomic E-state index is 0.109. The number of fused-ring (bicyclic) bond motifs is 1.